The summed E-state index contributed by atoms with van der Waals surface area (Å²) in [5.74, 6) is 0. The van der Waals surface area contributed by atoms with Crippen molar-refractivity contribution in [1.29, 1.82) is 0 Å². The van der Waals surface area contributed by atoms with Gasteiger partial charge < -0.3 is 21.5 Å². The van der Waals surface area contributed by atoms with Crippen LogP contribution in [0.25, 0.3) is 16.6 Å². The molecule has 0 saturated carbocycles. The second-order valence-electron chi connectivity index (χ2n) is 8.25. The van der Waals surface area contributed by atoms with E-state index >= 15 is 0 Å². The summed E-state index contributed by atoms with van der Waals surface area (Å²) in [6, 6.07) is 3.66. The van der Waals surface area contributed by atoms with E-state index in [0.29, 0.717) is 34.3 Å². The Morgan fingerprint density at radius 2 is 2.19 bits per heavy atom. The fraction of sp³-hybridized carbons (Fsp3) is 0.269. The van der Waals surface area contributed by atoms with E-state index in [4.69, 9.17) is 27.8 Å². The van der Waals surface area contributed by atoms with Crippen LogP contribution in [-0.4, -0.2) is 40.9 Å². The zero-order chi connectivity index (χ0) is 26.1. The number of rotatable bonds is 11. The maximum absolute atomic E-state index is 10.9. The Morgan fingerprint density at radius 1 is 1.39 bits per heavy atom. The van der Waals surface area contributed by atoms with E-state index in [1.807, 2.05) is 10.7 Å². The maximum atomic E-state index is 10.9. The van der Waals surface area contributed by atoms with Gasteiger partial charge in [0.15, 0.2) is 6.23 Å². The molecule has 1 aliphatic rings. The summed E-state index contributed by atoms with van der Waals surface area (Å²) < 4.78 is 7.76. The van der Waals surface area contributed by atoms with Gasteiger partial charge in [0.2, 0.25) is 0 Å². The third kappa shape index (κ3) is 6.87. The molecule has 0 spiro atoms. The quantitative estimate of drug-likeness (QED) is 0.136. The molecular weight excluding hydrogens is 478 g/mol. The van der Waals surface area contributed by atoms with Crippen molar-refractivity contribution in [1.82, 2.24) is 20.1 Å². The Kier molecular flexibility index (Phi) is 9.49. The van der Waals surface area contributed by atoms with Crippen LogP contribution < -0.4 is 16.8 Å². The van der Waals surface area contributed by atoms with Gasteiger partial charge in [-0.25, -0.2) is 4.68 Å². The summed E-state index contributed by atoms with van der Waals surface area (Å²) in [6.07, 6.45) is 13.7. The number of allylic oxidation sites excluding steroid dienone is 4. The standard InChI is InChI=1S/C26H32ClN7O2/c1-4-19(17-35)9-8-18(2)31-13-21(28)15-33(30-3)16-24(29)22-11-20(27)12-25-23(22)14-32-34(25)26-7-5-6-10-36-26/h4,8-9,11-14,16-17,26,31H,2-3,5-7,10,15,28-29H2,1H3/b9-8-,19-4+,21-13-,24-16-. The molecule has 0 radical (unpaired) electrons. The van der Waals surface area contributed by atoms with Crippen molar-refractivity contribution in [3.05, 3.63) is 83.1 Å². The Bertz CT molecular complexity index is 1240. The highest BCUT2D eigenvalue weighted by atomic mass is 35.5. The van der Waals surface area contributed by atoms with Crippen LogP contribution in [-0.2, 0) is 9.53 Å². The number of nitrogens with two attached hydrogens (primary N) is 2. The first kappa shape index (κ1) is 26.8. The molecule has 10 heteroatoms. The smallest absolute Gasteiger partial charge is 0.150 e. The predicted octanol–water partition coefficient (Wildman–Crippen LogP) is 4.17. The van der Waals surface area contributed by atoms with E-state index < -0.39 is 0 Å². The lowest BCUT2D eigenvalue weighted by Gasteiger charge is -2.23. The van der Waals surface area contributed by atoms with Gasteiger partial charge >= 0.3 is 0 Å². The van der Waals surface area contributed by atoms with Crippen LogP contribution in [0.4, 0.5) is 0 Å². The highest BCUT2D eigenvalue weighted by Crippen LogP contribution is 2.31. The van der Waals surface area contributed by atoms with Crippen molar-refractivity contribution in [2.75, 3.05) is 13.2 Å². The Morgan fingerprint density at radius 3 is 2.86 bits per heavy atom. The lowest BCUT2D eigenvalue weighted by molar-refractivity contribution is -0.104. The number of hydrogen-bond acceptors (Lipinski definition) is 8. The van der Waals surface area contributed by atoms with Crippen LogP contribution in [0.1, 0.15) is 38.0 Å². The second-order valence-corrected chi connectivity index (χ2v) is 8.69. The van der Waals surface area contributed by atoms with E-state index in [1.165, 1.54) is 5.01 Å². The molecule has 9 nitrogen and oxygen atoms in total. The molecule has 1 unspecified atom stereocenters. The van der Waals surface area contributed by atoms with Crippen molar-refractivity contribution in [2.45, 2.75) is 32.4 Å². The average molecular weight is 510 g/mol. The molecule has 1 fully saturated rings. The topological polar surface area (TPSA) is 124 Å². The monoisotopic (exact) mass is 509 g/mol. The Hall–Kier alpha value is -3.82. The molecule has 1 aromatic carbocycles. The van der Waals surface area contributed by atoms with Crippen LogP contribution in [0.3, 0.4) is 0 Å². The number of fused-ring (bicyclic) bond motifs is 1. The largest absolute Gasteiger partial charge is 0.399 e. The first-order valence-corrected chi connectivity index (χ1v) is 11.9. The zero-order valence-corrected chi connectivity index (χ0v) is 21.1. The molecule has 5 N–H and O–H groups in total. The van der Waals surface area contributed by atoms with E-state index in [9.17, 15) is 4.79 Å². The number of halogens is 1. The van der Waals surface area contributed by atoms with Crippen LogP contribution >= 0.6 is 11.6 Å². The molecule has 3 rings (SSSR count). The highest BCUT2D eigenvalue weighted by molar-refractivity contribution is 6.31. The van der Waals surface area contributed by atoms with Gasteiger partial charge in [-0.05, 0) is 44.4 Å². The van der Waals surface area contributed by atoms with Crippen molar-refractivity contribution in [3.8, 4) is 0 Å². The van der Waals surface area contributed by atoms with E-state index in [-0.39, 0.29) is 12.8 Å². The zero-order valence-electron chi connectivity index (χ0n) is 20.4. The van der Waals surface area contributed by atoms with Crippen LogP contribution in [0.15, 0.2) is 77.6 Å². The minimum absolute atomic E-state index is 0.121. The summed E-state index contributed by atoms with van der Waals surface area (Å²) in [7, 11) is 0. The van der Waals surface area contributed by atoms with Gasteiger partial charge in [0.1, 0.15) is 6.29 Å². The molecule has 36 heavy (non-hydrogen) atoms. The van der Waals surface area contributed by atoms with Gasteiger partial charge in [0, 0.05) is 58.7 Å². The van der Waals surface area contributed by atoms with Gasteiger partial charge in [-0.2, -0.15) is 10.2 Å². The van der Waals surface area contributed by atoms with Gasteiger partial charge in [0.25, 0.3) is 0 Å². The maximum Gasteiger partial charge on any atom is 0.150 e. The molecule has 0 bridgehead atoms. The molecule has 1 saturated heterocycles. The molecule has 1 atom stereocenters. The SMILES string of the molecule is C=NN(/C=C(\N)c1cc(Cl)cc2c1cnn2C1CCCCO1)C/C(N)=C/NC(=C)/C=C\C(C=O)=C/C. The van der Waals surface area contributed by atoms with Crippen LogP contribution in [0.5, 0.6) is 0 Å². The Labute approximate surface area is 216 Å². The lowest BCUT2D eigenvalue weighted by Crippen LogP contribution is -2.21. The normalized spacial score (nSPS) is 17.4. The minimum Gasteiger partial charge on any atom is -0.399 e. The van der Waals surface area contributed by atoms with E-state index in [2.05, 4.69) is 28.8 Å². The number of aldehydes is 1. The van der Waals surface area contributed by atoms with Crippen molar-refractivity contribution in [3.63, 3.8) is 0 Å². The first-order valence-electron chi connectivity index (χ1n) is 11.5. The predicted molar refractivity (Wildman–Crippen MR) is 146 cm³/mol. The third-order valence-corrected chi connectivity index (χ3v) is 5.84. The van der Waals surface area contributed by atoms with Crippen molar-refractivity contribution < 1.29 is 9.53 Å². The number of hydrazone groups is 1. The number of carbonyl (C=O) groups is 1. The lowest BCUT2D eigenvalue weighted by atomic mass is 10.1. The number of aromatic nitrogens is 2. The molecule has 2 heterocycles. The Balaban J connectivity index is 1.76. The molecule has 0 aliphatic carbocycles. The molecule has 2 aromatic rings. The number of nitrogens with zero attached hydrogens (tertiary/aromatic N) is 4. The highest BCUT2D eigenvalue weighted by Gasteiger charge is 2.20. The summed E-state index contributed by atoms with van der Waals surface area (Å²) in [4.78, 5) is 10.9. The summed E-state index contributed by atoms with van der Waals surface area (Å²) in [6.45, 7) is 10.2. The van der Waals surface area contributed by atoms with Gasteiger partial charge in [-0.15, -0.1) is 0 Å². The van der Waals surface area contributed by atoms with E-state index in [1.54, 1.807) is 49.8 Å². The fourth-order valence-corrected chi connectivity index (χ4v) is 3.94. The number of benzene rings is 1. The summed E-state index contributed by atoms with van der Waals surface area (Å²) in [5.41, 5.74) is 16.2. The van der Waals surface area contributed by atoms with Gasteiger partial charge in [0.05, 0.1) is 24.0 Å². The third-order valence-electron chi connectivity index (χ3n) is 5.62. The van der Waals surface area contributed by atoms with Crippen molar-refractivity contribution in [2.24, 2.45) is 16.6 Å². The van der Waals surface area contributed by atoms with Crippen LogP contribution in [0, 0.1) is 0 Å². The fourth-order valence-electron chi connectivity index (χ4n) is 3.73. The summed E-state index contributed by atoms with van der Waals surface area (Å²) in [5, 5.41) is 14.4. The van der Waals surface area contributed by atoms with Crippen LogP contribution in [0.2, 0.25) is 5.02 Å². The van der Waals surface area contributed by atoms with Gasteiger partial charge in [-0.3, -0.25) is 9.80 Å². The molecular formula is C26H32ClN7O2. The van der Waals surface area contributed by atoms with E-state index in [0.717, 1.165) is 42.0 Å². The second kappa shape index (κ2) is 12.8. The average Bonchev–Trinajstić information content (AvgIpc) is 3.31. The molecule has 1 aromatic heterocycles. The van der Waals surface area contributed by atoms with Gasteiger partial charge in [-0.1, -0.05) is 30.3 Å². The minimum atomic E-state index is -0.121. The first-order chi connectivity index (χ1) is 17.4. The molecule has 1 aliphatic heterocycles. The number of ether oxygens (including phenoxy) is 1. The number of carbonyl (C=O) groups excluding carboxylic acids is 1. The summed E-state index contributed by atoms with van der Waals surface area (Å²) >= 11 is 6.44. The number of nitrogens with one attached hydrogen (secondary N) is 1. The molecule has 190 valence electrons. The van der Waals surface area contributed by atoms with Crippen molar-refractivity contribution >= 4 is 41.2 Å². The molecule has 0 amide bonds. The number of hydrogen-bond donors (Lipinski definition) is 3.